The van der Waals surface area contributed by atoms with Gasteiger partial charge in [-0.2, -0.15) is 0 Å². The first kappa shape index (κ1) is 12.5. The first-order chi connectivity index (χ1) is 8.58. The second-order valence-corrected chi connectivity index (χ2v) is 4.37. The predicted octanol–water partition coefficient (Wildman–Crippen LogP) is 3.21. The summed E-state index contributed by atoms with van der Waals surface area (Å²) < 4.78 is 26.2. The fourth-order valence-electron chi connectivity index (χ4n) is 1.30. The lowest BCUT2D eigenvalue weighted by molar-refractivity contribution is 0.0692. The van der Waals surface area contributed by atoms with E-state index in [9.17, 15) is 13.6 Å². The highest BCUT2D eigenvalue weighted by atomic mass is 32.2. The molecule has 0 saturated heterocycles. The number of hydrogen-bond acceptors (Lipinski definition) is 3. The van der Waals surface area contributed by atoms with E-state index >= 15 is 0 Å². The van der Waals surface area contributed by atoms with E-state index in [1.807, 2.05) is 0 Å². The van der Waals surface area contributed by atoms with Gasteiger partial charge in [-0.05, 0) is 24.3 Å². The first-order valence-electron chi connectivity index (χ1n) is 4.89. The van der Waals surface area contributed by atoms with Crippen molar-refractivity contribution < 1.29 is 18.7 Å². The minimum absolute atomic E-state index is 0.0220. The Bertz CT molecular complexity index is 604. The van der Waals surface area contributed by atoms with Gasteiger partial charge in [-0.15, -0.1) is 0 Å². The molecule has 0 aliphatic carbocycles. The van der Waals surface area contributed by atoms with Crippen molar-refractivity contribution in [3.8, 4) is 0 Å². The number of nitrogens with zero attached hydrogens (tertiary/aromatic N) is 1. The van der Waals surface area contributed by atoms with Crippen LogP contribution in [-0.4, -0.2) is 16.1 Å². The summed E-state index contributed by atoms with van der Waals surface area (Å²) in [7, 11) is 0. The summed E-state index contributed by atoms with van der Waals surface area (Å²) in [5.74, 6) is -2.58. The Labute approximate surface area is 105 Å². The maximum Gasteiger partial charge on any atom is 0.338 e. The fourth-order valence-corrected chi connectivity index (χ4v) is 2.18. The van der Waals surface area contributed by atoms with E-state index in [2.05, 4.69) is 4.98 Å². The van der Waals surface area contributed by atoms with E-state index in [0.717, 1.165) is 23.9 Å². The minimum atomic E-state index is -1.15. The van der Waals surface area contributed by atoms with E-state index in [-0.39, 0.29) is 15.5 Å². The Balaban J connectivity index is 2.37. The van der Waals surface area contributed by atoms with Crippen LogP contribution in [0, 0.1) is 11.6 Å². The topological polar surface area (TPSA) is 50.2 Å². The largest absolute Gasteiger partial charge is 0.478 e. The zero-order valence-corrected chi connectivity index (χ0v) is 9.75. The number of benzene rings is 1. The van der Waals surface area contributed by atoms with Gasteiger partial charge in [0, 0.05) is 17.2 Å². The second-order valence-electron chi connectivity index (χ2n) is 3.34. The van der Waals surface area contributed by atoms with Crippen molar-refractivity contribution in [2.75, 3.05) is 0 Å². The molecular weight excluding hydrogens is 260 g/mol. The number of aromatic nitrogens is 1. The predicted molar refractivity (Wildman–Crippen MR) is 61.7 cm³/mol. The van der Waals surface area contributed by atoms with Crippen LogP contribution in [-0.2, 0) is 0 Å². The number of carboxylic acid groups (broad SMARTS) is 1. The Morgan fingerprint density at radius 2 is 2.06 bits per heavy atom. The van der Waals surface area contributed by atoms with Crippen LogP contribution in [0.1, 0.15) is 10.4 Å². The molecule has 1 heterocycles. The number of carbonyl (C=O) groups is 1. The number of pyridine rings is 1. The van der Waals surface area contributed by atoms with Crippen molar-refractivity contribution in [1.82, 2.24) is 4.98 Å². The van der Waals surface area contributed by atoms with Gasteiger partial charge in [0.2, 0.25) is 0 Å². The van der Waals surface area contributed by atoms with Gasteiger partial charge in [0.25, 0.3) is 0 Å². The van der Waals surface area contributed by atoms with E-state index < -0.39 is 17.6 Å². The highest BCUT2D eigenvalue weighted by Gasteiger charge is 2.14. The van der Waals surface area contributed by atoms with Crippen LogP contribution in [0.15, 0.2) is 46.5 Å². The maximum absolute atomic E-state index is 13.4. The molecule has 0 fully saturated rings. The first-order valence-corrected chi connectivity index (χ1v) is 5.71. The number of aromatic carboxylic acids is 1. The molecule has 1 aromatic carbocycles. The van der Waals surface area contributed by atoms with Gasteiger partial charge in [0.05, 0.1) is 5.56 Å². The molecule has 92 valence electrons. The summed E-state index contributed by atoms with van der Waals surface area (Å²) in [5.41, 5.74) is -0.0220. The summed E-state index contributed by atoms with van der Waals surface area (Å²) in [6.07, 6.45) is 1.41. The summed E-state index contributed by atoms with van der Waals surface area (Å²) in [5, 5.41) is 9.11. The zero-order chi connectivity index (χ0) is 13.1. The van der Waals surface area contributed by atoms with E-state index in [1.165, 1.54) is 24.4 Å². The molecule has 0 aliphatic rings. The van der Waals surface area contributed by atoms with Crippen LogP contribution in [0.2, 0.25) is 0 Å². The smallest absolute Gasteiger partial charge is 0.338 e. The molecule has 0 amide bonds. The maximum atomic E-state index is 13.4. The van der Waals surface area contributed by atoms with Crippen molar-refractivity contribution in [2.24, 2.45) is 0 Å². The van der Waals surface area contributed by atoms with Crippen LogP contribution in [0.4, 0.5) is 8.78 Å². The number of hydrogen-bond donors (Lipinski definition) is 1. The molecule has 0 atom stereocenters. The molecule has 0 spiro atoms. The lowest BCUT2D eigenvalue weighted by Crippen LogP contribution is -2.00. The van der Waals surface area contributed by atoms with Gasteiger partial charge in [-0.25, -0.2) is 18.6 Å². The highest BCUT2D eigenvalue weighted by Crippen LogP contribution is 2.30. The average Bonchev–Trinajstić information content (AvgIpc) is 2.33. The molecule has 2 aromatic rings. The lowest BCUT2D eigenvalue weighted by atomic mass is 10.3. The Morgan fingerprint density at radius 1 is 1.28 bits per heavy atom. The average molecular weight is 267 g/mol. The Kier molecular flexibility index (Phi) is 3.57. The van der Waals surface area contributed by atoms with Gasteiger partial charge >= 0.3 is 5.97 Å². The van der Waals surface area contributed by atoms with Crippen molar-refractivity contribution in [1.29, 1.82) is 0 Å². The van der Waals surface area contributed by atoms with Gasteiger partial charge in [0.1, 0.15) is 16.7 Å². The molecule has 18 heavy (non-hydrogen) atoms. The van der Waals surface area contributed by atoms with Gasteiger partial charge < -0.3 is 5.11 Å². The van der Waals surface area contributed by atoms with Crippen molar-refractivity contribution >= 4 is 17.7 Å². The molecule has 6 heteroatoms. The number of carboxylic acids is 1. The molecule has 2 rings (SSSR count). The van der Waals surface area contributed by atoms with Gasteiger partial charge in [0.15, 0.2) is 0 Å². The third kappa shape index (κ3) is 2.65. The van der Waals surface area contributed by atoms with Crippen LogP contribution >= 0.6 is 11.8 Å². The Hall–Kier alpha value is -1.95. The standard InChI is InChI=1S/C12H7F2NO2S/c13-7-3-4-10(9(14)6-7)18-11-8(12(16)17)2-1-5-15-11/h1-6H,(H,16,17). The van der Waals surface area contributed by atoms with Crippen molar-refractivity contribution in [3.63, 3.8) is 0 Å². The van der Waals surface area contributed by atoms with E-state index in [1.54, 1.807) is 0 Å². The quantitative estimate of drug-likeness (QED) is 0.927. The van der Waals surface area contributed by atoms with Gasteiger partial charge in [-0.1, -0.05) is 11.8 Å². The molecule has 0 radical (unpaired) electrons. The molecule has 0 saturated carbocycles. The van der Waals surface area contributed by atoms with Crippen molar-refractivity contribution in [2.45, 2.75) is 9.92 Å². The molecular formula is C12H7F2NO2S. The zero-order valence-electron chi connectivity index (χ0n) is 8.93. The molecule has 1 aromatic heterocycles. The third-order valence-corrected chi connectivity index (χ3v) is 3.17. The summed E-state index contributed by atoms with van der Waals surface area (Å²) in [6.45, 7) is 0. The summed E-state index contributed by atoms with van der Waals surface area (Å²) in [4.78, 5) is 14.9. The fraction of sp³-hybridized carbons (Fsp3) is 0. The molecule has 0 bridgehead atoms. The van der Waals surface area contributed by atoms with E-state index in [0.29, 0.717) is 0 Å². The van der Waals surface area contributed by atoms with E-state index in [4.69, 9.17) is 5.11 Å². The monoisotopic (exact) mass is 267 g/mol. The van der Waals surface area contributed by atoms with Crippen LogP contribution in [0.5, 0.6) is 0 Å². The van der Waals surface area contributed by atoms with Gasteiger partial charge in [-0.3, -0.25) is 0 Å². The normalized spacial score (nSPS) is 10.3. The lowest BCUT2D eigenvalue weighted by Gasteiger charge is -2.05. The molecule has 0 unspecified atom stereocenters. The number of halogens is 2. The third-order valence-electron chi connectivity index (χ3n) is 2.10. The molecule has 3 nitrogen and oxygen atoms in total. The summed E-state index contributed by atoms with van der Waals surface area (Å²) >= 11 is 0.844. The molecule has 0 aliphatic heterocycles. The summed E-state index contributed by atoms with van der Waals surface area (Å²) in [6, 6.07) is 5.95. The van der Waals surface area contributed by atoms with Crippen LogP contribution < -0.4 is 0 Å². The number of rotatable bonds is 3. The molecule has 1 N–H and O–H groups in total. The SMILES string of the molecule is O=C(O)c1cccnc1Sc1ccc(F)cc1F. The Morgan fingerprint density at radius 3 is 2.72 bits per heavy atom. The minimum Gasteiger partial charge on any atom is -0.478 e. The van der Waals surface area contributed by atoms with Crippen molar-refractivity contribution in [3.05, 3.63) is 53.7 Å². The van der Waals surface area contributed by atoms with Crippen LogP contribution in [0.3, 0.4) is 0 Å². The highest BCUT2D eigenvalue weighted by molar-refractivity contribution is 7.99. The van der Waals surface area contributed by atoms with Crippen LogP contribution in [0.25, 0.3) is 0 Å². The second kappa shape index (κ2) is 5.14.